The quantitative estimate of drug-likeness (QED) is 0.576. The Morgan fingerprint density at radius 3 is 2.71 bits per heavy atom. The van der Waals surface area contributed by atoms with Crippen LogP contribution in [0.15, 0.2) is 60.0 Å². The molecule has 1 unspecified atom stereocenters. The summed E-state index contributed by atoms with van der Waals surface area (Å²) in [6, 6.07) is 17.3. The second kappa shape index (κ2) is 8.14. The molecule has 144 valence electrons. The number of benzene rings is 2. The summed E-state index contributed by atoms with van der Waals surface area (Å²) in [6.45, 7) is 2.40. The molecule has 2 aromatic carbocycles. The summed E-state index contributed by atoms with van der Waals surface area (Å²) >= 11 is 1.65. The van der Waals surface area contributed by atoms with Gasteiger partial charge in [-0.05, 0) is 53.3 Å². The molecule has 28 heavy (non-hydrogen) atoms. The lowest BCUT2D eigenvalue weighted by molar-refractivity contribution is 0.102. The number of aliphatic hydroxyl groups excluding tert-OH is 1. The van der Waals surface area contributed by atoms with E-state index >= 15 is 0 Å². The number of anilines is 2. The van der Waals surface area contributed by atoms with E-state index in [1.54, 1.807) is 11.3 Å². The van der Waals surface area contributed by atoms with Crippen molar-refractivity contribution in [1.82, 2.24) is 4.90 Å². The van der Waals surface area contributed by atoms with Crippen molar-refractivity contribution < 1.29 is 9.90 Å². The molecular formula is C22H23N3O2S. The summed E-state index contributed by atoms with van der Waals surface area (Å²) in [7, 11) is 0. The summed E-state index contributed by atoms with van der Waals surface area (Å²) < 4.78 is 0. The lowest BCUT2D eigenvalue weighted by Crippen LogP contribution is -2.21. The molecule has 1 amide bonds. The highest BCUT2D eigenvalue weighted by molar-refractivity contribution is 7.13. The molecule has 5 nitrogen and oxygen atoms in total. The van der Waals surface area contributed by atoms with Crippen molar-refractivity contribution in [3.8, 4) is 10.4 Å². The van der Waals surface area contributed by atoms with Gasteiger partial charge in [-0.2, -0.15) is 0 Å². The normalized spacial score (nSPS) is 17.0. The molecule has 2 heterocycles. The molecule has 0 radical (unpaired) electrons. The number of nitrogen functional groups attached to an aromatic ring is 1. The number of β-amino-alcohol motifs (C(OH)–C–C–N with tert-alkyl or cyclic N) is 1. The fraction of sp³-hybridized carbons (Fsp3) is 0.227. The van der Waals surface area contributed by atoms with Crippen molar-refractivity contribution in [2.75, 3.05) is 24.1 Å². The van der Waals surface area contributed by atoms with Crippen LogP contribution in [0.2, 0.25) is 0 Å². The Labute approximate surface area is 168 Å². The van der Waals surface area contributed by atoms with Gasteiger partial charge in [0.25, 0.3) is 5.91 Å². The van der Waals surface area contributed by atoms with Crippen LogP contribution in [0.25, 0.3) is 10.4 Å². The van der Waals surface area contributed by atoms with Crippen molar-refractivity contribution in [1.29, 1.82) is 0 Å². The lowest BCUT2D eigenvalue weighted by Gasteiger charge is -2.15. The van der Waals surface area contributed by atoms with Crippen LogP contribution in [0, 0.1) is 0 Å². The number of nitrogens with one attached hydrogen (secondary N) is 1. The summed E-state index contributed by atoms with van der Waals surface area (Å²) in [5, 5.41) is 14.6. The van der Waals surface area contributed by atoms with Crippen LogP contribution in [0.4, 0.5) is 11.4 Å². The Kier molecular flexibility index (Phi) is 5.43. The molecule has 4 N–H and O–H groups in total. The highest BCUT2D eigenvalue weighted by Crippen LogP contribution is 2.30. The molecule has 0 saturated carbocycles. The minimum Gasteiger partial charge on any atom is -0.397 e. The summed E-state index contributed by atoms with van der Waals surface area (Å²) in [6.07, 6.45) is 0.604. The van der Waals surface area contributed by atoms with Crippen LogP contribution in [-0.2, 0) is 6.54 Å². The SMILES string of the molecule is Nc1ccc(-c2cccs2)cc1NC(=O)c1ccc(CN2CCC(O)C2)cc1. The van der Waals surface area contributed by atoms with Crippen LogP contribution in [-0.4, -0.2) is 35.1 Å². The van der Waals surface area contributed by atoms with Crippen molar-refractivity contribution in [2.24, 2.45) is 0 Å². The topological polar surface area (TPSA) is 78.6 Å². The van der Waals surface area contributed by atoms with E-state index in [0.29, 0.717) is 23.5 Å². The second-order valence-electron chi connectivity index (χ2n) is 7.11. The van der Waals surface area contributed by atoms with E-state index in [1.165, 1.54) is 0 Å². The molecule has 1 aromatic heterocycles. The Morgan fingerprint density at radius 2 is 2.04 bits per heavy atom. The highest BCUT2D eigenvalue weighted by atomic mass is 32.1. The zero-order chi connectivity index (χ0) is 19.5. The van der Waals surface area contributed by atoms with Crippen molar-refractivity contribution >= 4 is 28.6 Å². The predicted octanol–water partition coefficient (Wildman–Crippen LogP) is 3.82. The van der Waals surface area contributed by atoms with Crippen molar-refractivity contribution in [3.05, 3.63) is 71.1 Å². The number of carbonyl (C=O) groups excluding carboxylic acids is 1. The van der Waals surface area contributed by atoms with Gasteiger partial charge >= 0.3 is 0 Å². The first kappa shape index (κ1) is 18.7. The summed E-state index contributed by atoms with van der Waals surface area (Å²) in [5.74, 6) is -0.182. The number of hydrogen-bond donors (Lipinski definition) is 3. The standard InChI is InChI=1S/C22H23N3O2S/c23-19-8-7-17(21-2-1-11-28-21)12-20(19)24-22(27)16-5-3-15(4-6-16)13-25-10-9-18(26)14-25/h1-8,11-12,18,26H,9-10,13-14,23H2,(H,24,27). The van der Waals surface area contributed by atoms with Crippen LogP contribution >= 0.6 is 11.3 Å². The van der Waals surface area contributed by atoms with E-state index in [0.717, 1.165) is 35.5 Å². The minimum atomic E-state index is -0.222. The number of rotatable bonds is 5. The number of aliphatic hydroxyl groups is 1. The first-order valence-electron chi connectivity index (χ1n) is 9.32. The molecule has 0 bridgehead atoms. The molecule has 1 saturated heterocycles. The Bertz CT molecular complexity index is 954. The van der Waals surface area contributed by atoms with E-state index in [1.807, 2.05) is 60.0 Å². The molecule has 1 fully saturated rings. The lowest BCUT2D eigenvalue weighted by atomic mass is 10.1. The van der Waals surface area contributed by atoms with E-state index in [-0.39, 0.29) is 12.0 Å². The van der Waals surface area contributed by atoms with Gasteiger partial charge < -0.3 is 16.2 Å². The zero-order valence-electron chi connectivity index (χ0n) is 15.5. The van der Waals surface area contributed by atoms with Crippen molar-refractivity contribution in [3.63, 3.8) is 0 Å². The maximum absolute atomic E-state index is 12.7. The molecule has 6 heteroatoms. The number of nitrogens with zero attached hydrogens (tertiary/aromatic N) is 1. The molecule has 1 atom stereocenters. The van der Waals surface area contributed by atoms with Crippen LogP contribution in [0.1, 0.15) is 22.3 Å². The van der Waals surface area contributed by atoms with Crippen LogP contribution in [0.3, 0.4) is 0 Å². The average Bonchev–Trinajstić information content (AvgIpc) is 3.36. The van der Waals surface area contributed by atoms with Gasteiger partial charge in [0.2, 0.25) is 0 Å². The second-order valence-corrected chi connectivity index (χ2v) is 8.06. The van der Waals surface area contributed by atoms with Crippen LogP contribution in [0.5, 0.6) is 0 Å². The molecular weight excluding hydrogens is 370 g/mol. The summed E-state index contributed by atoms with van der Waals surface area (Å²) in [4.78, 5) is 16.0. The molecule has 1 aliphatic heterocycles. The third kappa shape index (κ3) is 4.25. The Hall–Kier alpha value is -2.67. The zero-order valence-corrected chi connectivity index (χ0v) is 16.3. The minimum absolute atomic E-state index is 0.182. The van der Waals surface area contributed by atoms with E-state index in [2.05, 4.69) is 10.2 Å². The smallest absolute Gasteiger partial charge is 0.255 e. The number of hydrogen-bond acceptors (Lipinski definition) is 5. The van der Waals surface area contributed by atoms with Gasteiger partial charge in [0.1, 0.15) is 0 Å². The summed E-state index contributed by atoms with van der Waals surface area (Å²) in [5.41, 5.74) is 9.96. The van der Waals surface area contributed by atoms with Gasteiger partial charge in [-0.3, -0.25) is 9.69 Å². The van der Waals surface area contributed by atoms with E-state index < -0.39 is 0 Å². The third-order valence-corrected chi connectivity index (χ3v) is 5.90. The Balaban J connectivity index is 1.44. The molecule has 0 spiro atoms. The van der Waals surface area contributed by atoms with Gasteiger partial charge in [-0.15, -0.1) is 11.3 Å². The molecule has 1 aliphatic rings. The first-order valence-corrected chi connectivity index (χ1v) is 10.2. The monoisotopic (exact) mass is 393 g/mol. The van der Waals surface area contributed by atoms with Gasteiger partial charge in [-0.25, -0.2) is 0 Å². The fourth-order valence-electron chi connectivity index (χ4n) is 3.43. The average molecular weight is 394 g/mol. The van der Waals surface area contributed by atoms with Crippen LogP contribution < -0.4 is 11.1 Å². The van der Waals surface area contributed by atoms with Gasteiger partial charge in [0.05, 0.1) is 17.5 Å². The van der Waals surface area contributed by atoms with Gasteiger partial charge in [-0.1, -0.05) is 24.3 Å². The van der Waals surface area contributed by atoms with Gasteiger partial charge in [0, 0.05) is 30.1 Å². The van der Waals surface area contributed by atoms with E-state index in [4.69, 9.17) is 5.73 Å². The number of amides is 1. The number of thiophene rings is 1. The molecule has 4 rings (SSSR count). The Morgan fingerprint density at radius 1 is 1.21 bits per heavy atom. The largest absolute Gasteiger partial charge is 0.397 e. The highest BCUT2D eigenvalue weighted by Gasteiger charge is 2.20. The van der Waals surface area contributed by atoms with Crippen molar-refractivity contribution in [2.45, 2.75) is 19.1 Å². The molecule has 3 aromatic rings. The van der Waals surface area contributed by atoms with E-state index in [9.17, 15) is 9.90 Å². The maximum atomic E-state index is 12.7. The maximum Gasteiger partial charge on any atom is 0.255 e. The number of carbonyl (C=O) groups is 1. The fourth-order valence-corrected chi connectivity index (χ4v) is 4.15. The molecule has 0 aliphatic carbocycles. The van der Waals surface area contributed by atoms with Gasteiger partial charge in [0.15, 0.2) is 0 Å². The number of nitrogens with two attached hydrogens (primary N) is 1. The number of likely N-dealkylation sites (tertiary alicyclic amines) is 1. The predicted molar refractivity (Wildman–Crippen MR) is 114 cm³/mol. The third-order valence-electron chi connectivity index (χ3n) is 4.98. The first-order chi connectivity index (χ1) is 13.6.